The smallest absolute Gasteiger partial charge is 0.277 e. The van der Waals surface area contributed by atoms with E-state index in [-0.39, 0.29) is 29.2 Å². The first-order valence-electron chi connectivity index (χ1n) is 7.21. The van der Waals surface area contributed by atoms with Crippen LogP contribution in [0.5, 0.6) is 0 Å². The van der Waals surface area contributed by atoms with E-state index in [0.717, 1.165) is 0 Å². The lowest BCUT2D eigenvalue weighted by molar-refractivity contribution is -0.127. The predicted molar refractivity (Wildman–Crippen MR) is 87.2 cm³/mol. The van der Waals surface area contributed by atoms with Gasteiger partial charge in [0.15, 0.2) is 0 Å². The lowest BCUT2D eigenvalue weighted by Gasteiger charge is -2.17. The third-order valence-electron chi connectivity index (χ3n) is 3.27. The Bertz CT molecular complexity index is 656. The van der Waals surface area contributed by atoms with Crippen molar-refractivity contribution in [1.82, 2.24) is 15.1 Å². The van der Waals surface area contributed by atoms with Gasteiger partial charge in [-0.15, -0.1) is 10.2 Å². The fourth-order valence-corrected chi connectivity index (χ4v) is 2.92. The lowest BCUT2D eigenvalue weighted by atomic mass is 10.1. The van der Waals surface area contributed by atoms with Crippen LogP contribution in [0.25, 0.3) is 0 Å². The molecule has 0 aliphatic heterocycles. The van der Waals surface area contributed by atoms with Crippen molar-refractivity contribution in [1.29, 1.82) is 0 Å². The van der Waals surface area contributed by atoms with Crippen molar-refractivity contribution in [2.45, 2.75) is 25.5 Å². The molecule has 124 valence electrons. The summed E-state index contributed by atoms with van der Waals surface area (Å²) in [4.78, 5) is 13.6. The van der Waals surface area contributed by atoms with Gasteiger partial charge in [0, 0.05) is 23.7 Å². The second kappa shape index (κ2) is 8.31. The summed E-state index contributed by atoms with van der Waals surface area (Å²) in [6, 6.07) is 4.47. The van der Waals surface area contributed by atoms with Gasteiger partial charge in [0.25, 0.3) is 5.22 Å². The predicted octanol–water partition coefficient (Wildman–Crippen LogP) is 3.41. The van der Waals surface area contributed by atoms with E-state index in [1.807, 2.05) is 13.8 Å². The average Bonchev–Trinajstić information content (AvgIpc) is 2.98. The van der Waals surface area contributed by atoms with Crippen molar-refractivity contribution in [2.75, 3.05) is 18.8 Å². The molecule has 1 aromatic heterocycles. The SMILES string of the molecule is CCN(CC)C(=O)CSc1nnc(Cc2c(F)cccc2Cl)o1. The number of thioether (sulfide) groups is 1. The minimum atomic E-state index is -0.415. The van der Waals surface area contributed by atoms with Gasteiger partial charge < -0.3 is 9.32 Å². The Kier molecular flexibility index (Phi) is 6.41. The van der Waals surface area contributed by atoms with Crippen molar-refractivity contribution < 1.29 is 13.6 Å². The van der Waals surface area contributed by atoms with E-state index in [1.165, 1.54) is 23.9 Å². The molecule has 0 spiro atoms. The molecule has 0 bridgehead atoms. The summed E-state index contributed by atoms with van der Waals surface area (Å²) >= 11 is 7.14. The largest absolute Gasteiger partial charge is 0.416 e. The number of carbonyl (C=O) groups is 1. The first-order chi connectivity index (χ1) is 11.0. The van der Waals surface area contributed by atoms with E-state index in [1.54, 1.807) is 11.0 Å². The Labute approximate surface area is 143 Å². The summed E-state index contributed by atoms with van der Waals surface area (Å²) in [6.45, 7) is 5.18. The van der Waals surface area contributed by atoms with Crippen LogP contribution in [0, 0.1) is 5.82 Å². The first kappa shape index (κ1) is 17.7. The van der Waals surface area contributed by atoms with Gasteiger partial charge in [-0.1, -0.05) is 29.4 Å². The van der Waals surface area contributed by atoms with E-state index in [0.29, 0.717) is 23.7 Å². The zero-order valence-corrected chi connectivity index (χ0v) is 14.5. The molecule has 23 heavy (non-hydrogen) atoms. The van der Waals surface area contributed by atoms with Gasteiger partial charge in [-0.05, 0) is 26.0 Å². The fraction of sp³-hybridized carbons (Fsp3) is 0.400. The third kappa shape index (κ3) is 4.68. The summed E-state index contributed by atoms with van der Waals surface area (Å²) in [7, 11) is 0. The highest BCUT2D eigenvalue weighted by atomic mass is 35.5. The van der Waals surface area contributed by atoms with Crippen molar-refractivity contribution in [2.24, 2.45) is 0 Å². The molecule has 1 aromatic carbocycles. The summed E-state index contributed by atoms with van der Waals surface area (Å²) < 4.78 is 19.2. The number of halogens is 2. The Morgan fingerprint density at radius 2 is 2.09 bits per heavy atom. The lowest BCUT2D eigenvalue weighted by Crippen LogP contribution is -2.31. The zero-order valence-electron chi connectivity index (χ0n) is 12.9. The molecule has 2 aromatic rings. The number of benzene rings is 1. The van der Waals surface area contributed by atoms with Crippen LogP contribution in [0.4, 0.5) is 4.39 Å². The molecule has 0 atom stereocenters. The normalized spacial score (nSPS) is 10.8. The van der Waals surface area contributed by atoms with Crippen LogP contribution in [0.1, 0.15) is 25.3 Å². The maximum Gasteiger partial charge on any atom is 0.277 e. The maximum absolute atomic E-state index is 13.7. The Balaban J connectivity index is 1.97. The number of hydrogen-bond acceptors (Lipinski definition) is 5. The van der Waals surface area contributed by atoms with Gasteiger partial charge in [0.1, 0.15) is 5.82 Å². The van der Waals surface area contributed by atoms with Crippen molar-refractivity contribution in [3.05, 3.63) is 40.5 Å². The molecule has 8 heteroatoms. The van der Waals surface area contributed by atoms with Crippen LogP contribution in [-0.4, -0.2) is 39.8 Å². The minimum Gasteiger partial charge on any atom is -0.416 e. The van der Waals surface area contributed by atoms with Gasteiger partial charge in [-0.25, -0.2) is 4.39 Å². The van der Waals surface area contributed by atoms with Crippen LogP contribution >= 0.6 is 23.4 Å². The second-order valence-corrected chi connectivity index (χ2v) is 6.03. The molecule has 0 saturated carbocycles. The number of rotatable bonds is 7. The molecule has 0 unspecified atom stereocenters. The van der Waals surface area contributed by atoms with E-state index >= 15 is 0 Å². The molecule has 0 N–H and O–H groups in total. The van der Waals surface area contributed by atoms with Gasteiger partial charge >= 0.3 is 0 Å². The molecule has 0 fully saturated rings. The standard InChI is InChI=1S/C15H17ClFN3O2S/c1-3-20(4-2)14(21)9-23-15-19-18-13(22-15)8-10-11(16)6-5-7-12(10)17/h5-7H,3-4,8-9H2,1-2H3. The monoisotopic (exact) mass is 357 g/mol. The molecule has 0 aliphatic rings. The van der Waals surface area contributed by atoms with Crippen molar-refractivity contribution >= 4 is 29.3 Å². The molecule has 5 nitrogen and oxygen atoms in total. The van der Waals surface area contributed by atoms with Gasteiger partial charge in [0.2, 0.25) is 11.8 Å². The quantitative estimate of drug-likeness (QED) is 0.711. The molecule has 1 amide bonds. The number of hydrogen-bond donors (Lipinski definition) is 0. The first-order valence-corrected chi connectivity index (χ1v) is 8.57. The van der Waals surface area contributed by atoms with Crippen LogP contribution in [0.3, 0.4) is 0 Å². The van der Waals surface area contributed by atoms with Crippen molar-refractivity contribution in [3.8, 4) is 0 Å². The molecular weight excluding hydrogens is 341 g/mol. The van der Waals surface area contributed by atoms with Crippen LogP contribution < -0.4 is 0 Å². The van der Waals surface area contributed by atoms with Gasteiger partial charge in [0.05, 0.1) is 12.2 Å². The number of aromatic nitrogens is 2. The van der Waals surface area contributed by atoms with E-state index in [2.05, 4.69) is 10.2 Å². The van der Waals surface area contributed by atoms with E-state index in [4.69, 9.17) is 16.0 Å². The van der Waals surface area contributed by atoms with E-state index in [9.17, 15) is 9.18 Å². The highest BCUT2D eigenvalue weighted by Crippen LogP contribution is 2.23. The fourth-order valence-electron chi connectivity index (χ4n) is 2.01. The van der Waals surface area contributed by atoms with Gasteiger partial charge in [-0.2, -0.15) is 0 Å². The van der Waals surface area contributed by atoms with E-state index < -0.39 is 5.82 Å². The number of nitrogens with zero attached hydrogens (tertiary/aromatic N) is 3. The summed E-state index contributed by atoms with van der Waals surface area (Å²) in [6.07, 6.45) is 0.114. The number of amides is 1. The van der Waals surface area contributed by atoms with Crippen molar-refractivity contribution in [3.63, 3.8) is 0 Å². The Morgan fingerprint density at radius 3 is 2.74 bits per heavy atom. The molecule has 0 saturated heterocycles. The average molecular weight is 358 g/mol. The molecule has 0 radical (unpaired) electrons. The maximum atomic E-state index is 13.7. The highest BCUT2D eigenvalue weighted by Gasteiger charge is 2.15. The van der Waals surface area contributed by atoms with Crippen LogP contribution in [0.2, 0.25) is 5.02 Å². The molecule has 1 heterocycles. The third-order valence-corrected chi connectivity index (χ3v) is 4.43. The topological polar surface area (TPSA) is 59.2 Å². The molecule has 2 rings (SSSR count). The number of carbonyl (C=O) groups excluding carboxylic acids is 1. The molecular formula is C15H17ClFN3O2S. The Hall–Kier alpha value is -1.60. The van der Waals surface area contributed by atoms with Crippen LogP contribution in [-0.2, 0) is 11.2 Å². The Morgan fingerprint density at radius 1 is 1.35 bits per heavy atom. The summed E-state index contributed by atoms with van der Waals surface area (Å²) in [5, 5.41) is 8.33. The second-order valence-electron chi connectivity index (χ2n) is 4.69. The summed E-state index contributed by atoms with van der Waals surface area (Å²) in [5.41, 5.74) is 0.314. The summed E-state index contributed by atoms with van der Waals surface area (Å²) in [5.74, 6) is 0.0809. The molecule has 0 aliphatic carbocycles. The minimum absolute atomic E-state index is 0.0110. The van der Waals surface area contributed by atoms with Gasteiger partial charge in [-0.3, -0.25) is 4.79 Å². The highest BCUT2D eigenvalue weighted by molar-refractivity contribution is 7.99. The van der Waals surface area contributed by atoms with Crippen LogP contribution in [0.15, 0.2) is 27.8 Å². The zero-order chi connectivity index (χ0) is 16.8.